The fraction of sp³-hybridized carbons (Fsp3) is 0.607. The van der Waals surface area contributed by atoms with Gasteiger partial charge < -0.3 is 65.8 Å². The zero-order valence-corrected chi connectivity index (χ0v) is 27.7. The number of primary amides is 1. The number of nitrogens with one attached hydrogen (secondary N) is 5. The molecule has 0 saturated heterocycles. The summed E-state index contributed by atoms with van der Waals surface area (Å²) >= 11 is 0. The number of aromatic nitrogens is 2. The zero-order chi connectivity index (χ0) is 37.1. The van der Waals surface area contributed by atoms with E-state index < -0.39 is 72.1 Å². The number of H-pyrrole nitrogens is 1. The molecule has 21 nitrogen and oxygen atoms in total. The minimum Gasteiger partial charge on any atom is -0.480 e. The number of hydrogen-bond donors (Lipinski definition) is 12. The first kappa shape index (κ1) is 41.6. The Balaban J connectivity index is 3.32. The molecular formula is C28H50N14O7. The predicted octanol–water partition coefficient (Wildman–Crippen LogP) is -4.67. The van der Waals surface area contributed by atoms with Crippen molar-refractivity contribution in [2.45, 2.75) is 89.0 Å². The van der Waals surface area contributed by atoms with Gasteiger partial charge in [-0.1, -0.05) is 13.8 Å². The van der Waals surface area contributed by atoms with Crippen LogP contribution < -0.4 is 55.7 Å². The summed E-state index contributed by atoms with van der Waals surface area (Å²) in [5, 5.41) is 19.8. The highest BCUT2D eigenvalue weighted by Crippen LogP contribution is 2.09. The molecule has 21 heteroatoms. The number of amides is 5. The van der Waals surface area contributed by atoms with Crippen LogP contribution in [0.4, 0.5) is 0 Å². The monoisotopic (exact) mass is 694 g/mol. The molecule has 1 aromatic heterocycles. The van der Waals surface area contributed by atoms with Crippen molar-refractivity contribution < 1.29 is 33.9 Å². The molecule has 0 aromatic carbocycles. The Morgan fingerprint density at radius 2 is 1.24 bits per heavy atom. The van der Waals surface area contributed by atoms with Crippen molar-refractivity contribution in [3.63, 3.8) is 0 Å². The molecule has 18 N–H and O–H groups in total. The number of carboxylic acids is 1. The van der Waals surface area contributed by atoms with Gasteiger partial charge in [0.05, 0.1) is 18.8 Å². The van der Waals surface area contributed by atoms with Gasteiger partial charge in [0.1, 0.15) is 24.2 Å². The molecule has 49 heavy (non-hydrogen) atoms. The highest BCUT2D eigenvalue weighted by atomic mass is 16.4. The van der Waals surface area contributed by atoms with E-state index in [1.165, 1.54) is 12.5 Å². The first-order chi connectivity index (χ1) is 23.0. The van der Waals surface area contributed by atoms with Crippen molar-refractivity contribution in [2.75, 3.05) is 13.1 Å². The summed E-state index contributed by atoms with van der Waals surface area (Å²) in [7, 11) is 0. The summed E-state index contributed by atoms with van der Waals surface area (Å²) < 4.78 is 0. The number of nitrogens with zero attached hydrogens (tertiary/aromatic N) is 3. The average Bonchev–Trinajstić information content (AvgIpc) is 3.51. The molecule has 0 aliphatic heterocycles. The van der Waals surface area contributed by atoms with E-state index in [0.29, 0.717) is 5.69 Å². The highest BCUT2D eigenvalue weighted by Gasteiger charge is 2.32. The van der Waals surface area contributed by atoms with Crippen molar-refractivity contribution >= 4 is 47.4 Å². The number of guanidine groups is 2. The quantitative estimate of drug-likeness (QED) is 0.0291. The van der Waals surface area contributed by atoms with Gasteiger partial charge in [0, 0.05) is 31.4 Å². The summed E-state index contributed by atoms with van der Waals surface area (Å²) in [6.07, 6.45) is 2.77. The van der Waals surface area contributed by atoms with Gasteiger partial charge in [-0.05, 0) is 38.0 Å². The first-order valence-electron chi connectivity index (χ1n) is 15.6. The largest absolute Gasteiger partial charge is 0.480 e. The van der Waals surface area contributed by atoms with Gasteiger partial charge in [0.2, 0.25) is 29.5 Å². The lowest BCUT2D eigenvalue weighted by Crippen LogP contribution is -2.59. The van der Waals surface area contributed by atoms with E-state index in [1.807, 2.05) is 0 Å². The molecule has 5 amide bonds. The van der Waals surface area contributed by atoms with Crippen LogP contribution >= 0.6 is 0 Å². The number of carboxylic acid groups (broad SMARTS) is 1. The maximum Gasteiger partial charge on any atom is 0.326 e. The maximum atomic E-state index is 13.7. The normalized spacial score (nSPS) is 13.9. The van der Waals surface area contributed by atoms with Gasteiger partial charge in [-0.15, -0.1) is 0 Å². The minimum absolute atomic E-state index is 0.00169. The van der Waals surface area contributed by atoms with Crippen LogP contribution in [0.25, 0.3) is 0 Å². The Bertz CT molecular complexity index is 1310. The molecule has 1 heterocycles. The second-order valence-corrected chi connectivity index (χ2v) is 11.7. The van der Waals surface area contributed by atoms with Crippen LogP contribution in [0.2, 0.25) is 0 Å². The summed E-state index contributed by atoms with van der Waals surface area (Å²) in [5.74, 6) is -5.73. The van der Waals surface area contributed by atoms with Gasteiger partial charge in [0.15, 0.2) is 11.9 Å². The molecule has 0 bridgehead atoms. The molecule has 0 aliphatic carbocycles. The van der Waals surface area contributed by atoms with E-state index in [-0.39, 0.29) is 69.5 Å². The number of carbonyl (C=O) groups is 6. The number of rotatable bonds is 23. The van der Waals surface area contributed by atoms with Gasteiger partial charge in [0.25, 0.3) is 0 Å². The molecule has 1 rings (SSSR count). The molecule has 0 fully saturated rings. The van der Waals surface area contributed by atoms with Crippen molar-refractivity contribution in [1.82, 2.24) is 31.2 Å². The number of nitrogens with two attached hydrogens (primary N) is 6. The lowest BCUT2D eigenvalue weighted by atomic mass is 10.0. The highest BCUT2D eigenvalue weighted by molar-refractivity contribution is 5.96. The summed E-state index contributed by atoms with van der Waals surface area (Å²) in [4.78, 5) is 91.0. The average molecular weight is 695 g/mol. The van der Waals surface area contributed by atoms with Gasteiger partial charge in [-0.3, -0.25) is 34.0 Å². The SMILES string of the molecule is CC(C)C[C@H](NC(=O)[C@H](CCCN=C(N)N)NC(=O)[C@H](Cc1cnc[nH]1)NC(=O)[C@H](CCCN=C(N)N)NC(=O)[C@@H](N)CC(N)=O)C(=O)O. The second kappa shape index (κ2) is 21.4. The Morgan fingerprint density at radius 1 is 0.776 bits per heavy atom. The maximum absolute atomic E-state index is 13.7. The molecule has 0 saturated carbocycles. The Kier molecular flexibility index (Phi) is 18.2. The van der Waals surface area contributed by atoms with Gasteiger partial charge in [-0.2, -0.15) is 0 Å². The second-order valence-electron chi connectivity index (χ2n) is 11.7. The molecule has 274 valence electrons. The predicted molar refractivity (Wildman–Crippen MR) is 179 cm³/mol. The summed E-state index contributed by atoms with van der Waals surface area (Å²) in [6, 6.07) is -6.42. The number of aliphatic imine (C=N–C) groups is 2. The Labute approximate surface area is 283 Å². The number of aromatic amines is 1. The van der Waals surface area contributed by atoms with Crippen LogP contribution in [0.1, 0.15) is 58.1 Å². The van der Waals surface area contributed by atoms with Crippen molar-refractivity contribution in [3.05, 3.63) is 18.2 Å². The smallest absolute Gasteiger partial charge is 0.326 e. The van der Waals surface area contributed by atoms with E-state index >= 15 is 0 Å². The number of hydrogen-bond acceptors (Lipinski definition) is 10. The van der Waals surface area contributed by atoms with Crippen LogP contribution in [-0.4, -0.2) is 106 Å². The third-order valence-corrected chi connectivity index (χ3v) is 6.85. The van der Waals surface area contributed by atoms with Crippen molar-refractivity contribution in [3.8, 4) is 0 Å². The lowest BCUT2D eigenvalue weighted by Gasteiger charge is -2.26. The van der Waals surface area contributed by atoms with Crippen LogP contribution in [0, 0.1) is 5.92 Å². The molecule has 1 aromatic rings. The topological polar surface area (TPSA) is 380 Å². The third-order valence-electron chi connectivity index (χ3n) is 6.85. The molecule has 0 aliphatic rings. The lowest BCUT2D eigenvalue weighted by molar-refractivity contribution is -0.142. The standard InChI is InChI=1S/C28H50N14O7/c1-14(2)9-20(26(48)49)42-24(46)18(6-4-8-37-28(33)34)40-25(47)19(10-15-12-35-13-38-15)41-23(45)17(5-3-7-36-27(31)32)39-22(44)16(29)11-21(30)43/h12-14,16-20H,3-11,29H2,1-2H3,(H2,30,43)(H,35,38)(H,39,44)(H,40,47)(H,41,45)(H,42,46)(H,48,49)(H4,31,32,36)(H4,33,34,37)/t16-,17-,18-,19-,20-/m0/s1. The van der Waals surface area contributed by atoms with Crippen LogP contribution in [0.3, 0.4) is 0 Å². The van der Waals surface area contributed by atoms with Gasteiger partial charge in [-0.25, -0.2) is 9.78 Å². The van der Waals surface area contributed by atoms with E-state index in [1.54, 1.807) is 13.8 Å². The number of carbonyl (C=O) groups excluding carboxylic acids is 5. The molecule has 5 atom stereocenters. The van der Waals surface area contributed by atoms with Crippen molar-refractivity contribution in [2.24, 2.45) is 50.3 Å². The van der Waals surface area contributed by atoms with E-state index in [0.717, 1.165) is 0 Å². The fourth-order valence-corrected chi connectivity index (χ4v) is 4.47. The zero-order valence-electron chi connectivity index (χ0n) is 27.7. The van der Waals surface area contributed by atoms with Crippen LogP contribution in [-0.2, 0) is 35.2 Å². The van der Waals surface area contributed by atoms with Crippen LogP contribution in [0.15, 0.2) is 22.5 Å². The van der Waals surface area contributed by atoms with Crippen molar-refractivity contribution in [1.29, 1.82) is 0 Å². The van der Waals surface area contributed by atoms with Gasteiger partial charge >= 0.3 is 5.97 Å². The Morgan fingerprint density at radius 3 is 1.67 bits per heavy atom. The van der Waals surface area contributed by atoms with Crippen LogP contribution in [0.5, 0.6) is 0 Å². The third kappa shape index (κ3) is 17.3. The molecule has 0 radical (unpaired) electrons. The number of imidazole rings is 1. The first-order valence-corrected chi connectivity index (χ1v) is 15.6. The molecular weight excluding hydrogens is 644 g/mol. The molecule has 0 spiro atoms. The summed E-state index contributed by atoms with van der Waals surface area (Å²) in [5.41, 5.74) is 32.8. The van der Waals surface area contributed by atoms with E-state index in [2.05, 4.69) is 41.2 Å². The number of aliphatic carboxylic acids is 1. The van der Waals surface area contributed by atoms with E-state index in [9.17, 15) is 33.9 Å². The Hall–Kier alpha value is -5.47. The van der Waals surface area contributed by atoms with E-state index in [4.69, 9.17) is 34.4 Å². The fourth-order valence-electron chi connectivity index (χ4n) is 4.47. The molecule has 0 unspecified atom stereocenters. The summed E-state index contributed by atoms with van der Waals surface area (Å²) in [6.45, 7) is 3.81. The minimum atomic E-state index is -1.35.